The quantitative estimate of drug-likeness (QED) is 0.355. The third kappa shape index (κ3) is 5.78. The highest BCUT2D eigenvalue weighted by molar-refractivity contribution is 5.89. The highest BCUT2D eigenvalue weighted by Crippen LogP contribution is 2.36. The van der Waals surface area contributed by atoms with Crippen molar-refractivity contribution in [3.05, 3.63) is 78.6 Å². The van der Waals surface area contributed by atoms with Crippen LogP contribution in [0.1, 0.15) is 15.9 Å². The zero-order chi connectivity index (χ0) is 25.5. The molecule has 0 amide bonds. The van der Waals surface area contributed by atoms with Gasteiger partial charge in [0.1, 0.15) is 23.9 Å². The number of carbonyl (C=O) groups excluding carboxylic acids is 1. The number of esters is 1. The number of rotatable bonds is 9. The zero-order valence-electron chi connectivity index (χ0n) is 20.6. The van der Waals surface area contributed by atoms with Gasteiger partial charge in [-0.25, -0.2) is 4.79 Å². The van der Waals surface area contributed by atoms with Gasteiger partial charge in [0.15, 0.2) is 0 Å². The predicted molar refractivity (Wildman–Crippen MR) is 139 cm³/mol. The largest absolute Gasteiger partial charge is 0.506 e. The monoisotopic (exact) mass is 489 g/mol. The topological polar surface area (TPSA) is 84.4 Å². The molecule has 0 aliphatic carbocycles. The van der Waals surface area contributed by atoms with Crippen LogP contribution in [-0.4, -0.2) is 68.0 Å². The van der Waals surface area contributed by atoms with E-state index in [9.17, 15) is 9.90 Å². The first kappa shape index (κ1) is 25.1. The van der Waals surface area contributed by atoms with Gasteiger partial charge in [0, 0.05) is 50.2 Å². The number of aromatic nitrogens is 1. The molecule has 1 fully saturated rings. The maximum Gasteiger partial charge on any atom is 0.338 e. The number of ether oxygens (including phenoxy) is 3. The fourth-order valence-electron chi connectivity index (χ4n) is 4.31. The molecule has 0 spiro atoms. The maximum atomic E-state index is 12.0. The van der Waals surface area contributed by atoms with Crippen molar-refractivity contribution in [2.24, 2.45) is 0 Å². The van der Waals surface area contributed by atoms with E-state index < -0.39 is 0 Å². The lowest BCUT2D eigenvalue weighted by molar-refractivity contribution is 0.0549. The Morgan fingerprint density at radius 2 is 1.67 bits per heavy atom. The van der Waals surface area contributed by atoms with Gasteiger partial charge < -0.3 is 24.2 Å². The molecule has 2 aromatic carbocycles. The maximum absolute atomic E-state index is 12.0. The zero-order valence-corrected chi connectivity index (χ0v) is 20.6. The Morgan fingerprint density at radius 1 is 1.00 bits per heavy atom. The highest BCUT2D eigenvalue weighted by Gasteiger charge is 2.22. The highest BCUT2D eigenvalue weighted by atomic mass is 16.5. The first-order valence-electron chi connectivity index (χ1n) is 11.8. The molecule has 1 N–H and O–H groups in total. The fraction of sp³-hybridized carbons (Fsp3) is 0.286. The summed E-state index contributed by atoms with van der Waals surface area (Å²) >= 11 is 0. The van der Waals surface area contributed by atoms with Crippen molar-refractivity contribution in [1.82, 2.24) is 9.88 Å². The van der Waals surface area contributed by atoms with Crippen LogP contribution >= 0.6 is 0 Å². The van der Waals surface area contributed by atoms with Crippen molar-refractivity contribution < 1.29 is 24.1 Å². The molecule has 8 heteroatoms. The molecule has 4 rings (SSSR count). The molecule has 0 unspecified atom stereocenters. The second-order valence-electron chi connectivity index (χ2n) is 8.49. The van der Waals surface area contributed by atoms with Gasteiger partial charge in [0.25, 0.3) is 0 Å². The van der Waals surface area contributed by atoms with E-state index in [1.54, 1.807) is 44.7 Å². The van der Waals surface area contributed by atoms with E-state index in [0.717, 1.165) is 60.1 Å². The number of aromatic hydroxyl groups is 1. The van der Waals surface area contributed by atoms with Crippen LogP contribution in [0.5, 0.6) is 17.2 Å². The fourth-order valence-corrected chi connectivity index (χ4v) is 4.31. The van der Waals surface area contributed by atoms with E-state index in [1.807, 2.05) is 24.3 Å². The number of benzene rings is 2. The molecule has 36 heavy (non-hydrogen) atoms. The van der Waals surface area contributed by atoms with E-state index in [1.165, 1.54) is 6.20 Å². The van der Waals surface area contributed by atoms with Crippen LogP contribution in [0.3, 0.4) is 0 Å². The van der Waals surface area contributed by atoms with Crippen LogP contribution in [-0.2, 0) is 11.3 Å². The summed E-state index contributed by atoms with van der Waals surface area (Å²) in [5.41, 5.74) is 4.23. The number of hydrogen-bond acceptors (Lipinski definition) is 8. The molecular formula is C28H31N3O5. The predicted octanol–water partition coefficient (Wildman–Crippen LogP) is 4.14. The lowest BCUT2D eigenvalue weighted by atomic mass is 10.0. The first-order valence-corrected chi connectivity index (χ1v) is 11.8. The number of piperazine rings is 1. The molecular weight excluding hydrogens is 458 g/mol. The number of carbonyl (C=O) groups is 1. The average molecular weight is 490 g/mol. The second kappa shape index (κ2) is 11.6. The summed E-state index contributed by atoms with van der Waals surface area (Å²) in [6.45, 7) is 7.91. The van der Waals surface area contributed by atoms with E-state index >= 15 is 0 Å². The molecule has 0 atom stereocenters. The van der Waals surface area contributed by atoms with Crippen molar-refractivity contribution >= 4 is 11.7 Å². The Kier molecular flexibility index (Phi) is 8.07. The molecule has 1 aliphatic rings. The number of anilines is 1. The van der Waals surface area contributed by atoms with Gasteiger partial charge in [-0.15, -0.1) is 0 Å². The van der Waals surface area contributed by atoms with Crippen LogP contribution in [0.2, 0.25) is 0 Å². The third-order valence-corrected chi connectivity index (χ3v) is 6.22. The van der Waals surface area contributed by atoms with Crippen LogP contribution < -0.4 is 14.4 Å². The SMILES string of the molecule is C=CCOC(=O)c1ccc(N2CCN(Cc3c(OC)cc(-c4cncc(O)c4)cc3OC)CC2)cc1. The summed E-state index contributed by atoms with van der Waals surface area (Å²) in [5, 5.41) is 9.81. The summed E-state index contributed by atoms with van der Waals surface area (Å²) in [4.78, 5) is 20.8. The number of pyridine rings is 1. The molecule has 1 saturated heterocycles. The lowest BCUT2D eigenvalue weighted by Gasteiger charge is -2.36. The van der Waals surface area contributed by atoms with E-state index in [-0.39, 0.29) is 18.3 Å². The molecule has 2 heterocycles. The van der Waals surface area contributed by atoms with Crippen molar-refractivity contribution in [1.29, 1.82) is 0 Å². The average Bonchev–Trinajstić information content (AvgIpc) is 2.92. The Balaban J connectivity index is 1.42. The van der Waals surface area contributed by atoms with Crippen molar-refractivity contribution in [3.8, 4) is 28.4 Å². The minimum Gasteiger partial charge on any atom is -0.506 e. The molecule has 3 aromatic rings. The summed E-state index contributed by atoms with van der Waals surface area (Å²) in [5.74, 6) is 1.22. The standard InChI is InChI=1S/C28H31N3O5/c1-4-13-36-28(33)20-5-7-23(8-6-20)31-11-9-30(10-12-31)19-25-26(34-2)15-21(16-27(25)35-3)22-14-24(32)18-29-17-22/h4-8,14-18,32H,1,9-13,19H2,2-3H3. The van der Waals surface area contributed by atoms with E-state index in [2.05, 4.69) is 21.4 Å². The van der Waals surface area contributed by atoms with Crippen LogP contribution in [0, 0.1) is 0 Å². The van der Waals surface area contributed by atoms with Crippen LogP contribution in [0.4, 0.5) is 5.69 Å². The van der Waals surface area contributed by atoms with Crippen molar-refractivity contribution in [2.75, 3.05) is 51.9 Å². The molecule has 0 radical (unpaired) electrons. The lowest BCUT2D eigenvalue weighted by Crippen LogP contribution is -2.46. The van der Waals surface area contributed by atoms with E-state index in [4.69, 9.17) is 14.2 Å². The van der Waals surface area contributed by atoms with E-state index in [0.29, 0.717) is 12.1 Å². The molecule has 8 nitrogen and oxygen atoms in total. The van der Waals surface area contributed by atoms with Crippen LogP contribution in [0.15, 0.2) is 67.5 Å². The van der Waals surface area contributed by atoms with Crippen molar-refractivity contribution in [2.45, 2.75) is 6.54 Å². The molecule has 0 bridgehead atoms. The van der Waals surface area contributed by atoms with Gasteiger partial charge >= 0.3 is 5.97 Å². The normalized spacial score (nSPS) is 13.8. The Morgan fingerprint density at radius 3 is 2.25 bits per heavy atom. The summed E-state index contributed by atoms with van der Waals surface area (Å²) < 4.78 is 16.5. The number of methoxy groups -OCH3 is 2. The Hall–Kier alpha value is -4.04. The number of hydrogen-bond donors (Lipinski definition) is 1. The Labute approximate surface area is 211 Å². The minimum atomic E-state index is -0.347. The molecule has 0 saturated carbocycles. The molecule has 1 aromatic heterocycles. The third-order valence-electron chi connectivity index (χ3n) is 6.22. The molecule has 1 aliphatic heterocycles. The van der Waals surface area contributed by atoms with Crippen molar-refractivity contribution in [3.63, 3.8) is 0 Å². The van der Waals surface area contributed by atoms with Gasteiger partial charge in [-0.05, 0) is 48.0 Å². The second-order valence-corrected chi connectivity index (χ2v) is 8.49. The molecule has 188 valence electrons. The van der Waals surface area contributed by atoms with Gasteiger partial charge in [0.2, 0.25) is 0 Å². The van der Waals surface area contributed by atoms with Gasteiger partial charge in [-0.1, -0.05) is 12.7 Å². The van der Waals surface area contributed by atoms with Gasteiger partial charge in [-0.3, -0.25) is 9.88 Å². The summed E-state index contributed by atoms with van der Waals surface area (Å²) in [6.07, 6.45) is 4.65. The first-order chi connectivity index (χ1) is 17.5. The number of nitrogens with zero attached hydrogens (tertiary/aromatic N) is 3. The minimum absolute atomic E-state index is 0.106. The summed E-state index contributed by atoms with van der Waals surface area (Å²) in [6, 6.07) is 13.1. The summed E-state index contributed by atoms with van der Waals surface area (Å²) in [7, 11) is 3.30. The van der Waals surface area contributed by atoms with Crippen LogP contribution in [0.25, 0.3) is 11.1 Å². The van der Waals surface area contributed by atoms with Gasteiger partial charge in [0.05, 0.1) is 31.5 Å². The van der Waals surface area contributed by atoms with Gasteiger partial charge in [-0.2, -0.15) is 0 Å². The Bertz CT molecular complexity index is 1180. The smallest absolute Gasteiger partial charge is 0.338 e.